The number of nitrogens with zero attached hydrogens (tertiary/aromatic N) is 5. The number of halogens is 1. The fraction of sp³-hybridized carbons (Fsp3) is 0.308. The first kappa shape index (κ1) is 14.3. The van der Waals surface area contributed by atoms with Crippen molar-refractivity contribution in [1.82, 2.24) is 15.0 Å². The van der Waals surface area contributed by atoms with Crippen LogP contribution >= 0.6 is 11.6 Å². The highest BCUT2D eigenvalue weighted by Gasteiger charge is 2.10. The third-order valence-electron chi connectivity index (χ3n) is 2.70. The largest absolute Gasteiger partial charge is 0.368 e. The molecule has 0 aliphatic rings. The van der Waals surface area contributed by atoms with E-state index in [1.54, 1.807) is 4.90 Å². The summed E-state index contributed by atoms with van der Waals surface area (Å²) in [4.78, 5) is 16.3. The number of hydrogen-bond donors (Lipinski definition) is 1. The van der Waals surface area contributed by atoms with E-state index in [-0.39, 0.29) is 5.95 Å². The molecule has 0 saturated heterocycles. The van der Waals surface area contributed by atoms with Gasteiger partial charge < -0.3 is 15.5 Å². The molecule has 0 spiro atoms. The van der Waals surface area contributed by atoms with E-state index in [2.05, 4.69) is 15.0 Å². The minimum absolute atomic E-state index is 0.210. The quantitative estimate of drug-likeness (QED) is 0.927. The van der Waals surface area contributed by atoms with Crippen LogP contribution in [0.1, 0.15) is 5.56 Å². The van der Waals surface area contributed by atoms with Gasteiger partial charge in [0.1, 0.15) is 0 Å². The van der Waals surface area contributed by atoms with Crippen LogP contribution in [0.5, 0.6) is 0 Å². The molecule has 1 aromatic carbocycles. The van der Waals surface area contributed by atoms with E-state index in [1.807, 2.05) is 50.3 Å². The van der Waals surface area contributed by atoms with Gasteiger partial charge in [-0.05, 0) is 17.7 Å². The smallest absolute Gasteiger partial charge is 0.231 e. The summed E-state index contributed by atoms with van der Waals surface area (Å²) in [5, 5.41) is 0.718. The minimum atomic E-state index is 0.210. The molecule has 0 atom stereocenters. The summed E-state index contributed by atoms with van der Waals surface area (Å²) >= 11 is 5.87. The van der Waals surface area contributed by atoms with E-state index in [0.717, 1.165) is 10.6 Å². The molecular weight excluding hydrogens is 276 g/mol. The third kappa shape index (κ3) is 3.48. The van der Waals surface area contributed by atoms with Crippen LogP contribution in [0.2, 0.25) is 5.02 Å². The number of benzene rings is 1. The van der Waals surface area contributed by atoms with Crippen molar-refractivity contribution in [1.29, 1.82) is 0 Å². The van der Waals surface area contributed by atoms with Crippen LogP contribution in [0.3, 0.4) is 0 Å². The van der Waals surface area contributed by atoms with Crippen LogP contribution in [0, 0.1) is 0 Å². The van der Waals surface area contributed by atoms with Gasteiger partial charge in [0.2, 0.25) is 17.8 Å². The summed E-state index contributed by atoms with van der Waals surface area (Å²) < 4.78 is 0. The molecule has 2 rings (SSSR count). The van der Waals surface area contributed by atoms with E-state index in [0.29, 0.717) is 18.4 Å². The van der Waals surface area contributed by atoms with Gasteiger partial charge in [0.25, 0.3) is 0 Å². The van der Waals surface area contributed by atoms with Crippen LogP contribution in [-0.4, -0.2) is 36.1 Å². The highest BCUT2D eigenvalue weighted by molar-refractivity contribution is 6.30. The summed E-state index contributed by atoms with van der Waals surface area (Å²) in [6, 6.07) is 7.65. The Morgan fingerprint density at radius 1 is 1.00 bits per heavy atom. The van der Waals surface area contributed by atoms with E-state index in [4.69, 9.17) is 17.3 Å². The minimum Gasteiger partial charge on any atom is -0.368 e. The van der Waals surface area contributed by atoms with Crippen molar-refractivity contribution in [2.75, 3.05) is 36.7 Å². The SMILES string of the molecule is CN(C)c1nc(N)nc(N(C)Cc2ccc(Cl)cc2)n1. The Kier molecular flexibility index (Phi) is 4.24. The van der Waals surface area contributed by atoms with Crippen molar-refractivity contribution in [2.24, 2.45) is 0 Å². The first-order chi connectivity index (χ1) is 9.45. The second-order valence-electron chi connectivity index (χ2n) is 4.67. The maximum atomic E-state index is 5.87. The number of nitrogen functional groups attached to an aromatic ring is 1. The first-order valence-electron chi connectivity index (χ1n) is 6.10. The van der Waals surface area contributed by atoms with Gasteiger partial charge in [-0.1, -0.05) is 23.7 Å². The van der Waals surface area contributed by atoms with Crippen molar-refractivity contribution >= 4 is 29.4 Å². The van der Waals surface area contributed by atoms with E-state index < -0.39 is 0 Å². The van der Waals surface area contributed by atoms with E-state index in [9.17, 15) is 0 Å². The Morgan fingerprint density at radius 2 is 1.60 bits per heavy atom. The topological polar surface area (TPSA) is 71.2 Å². The lowest BCUT2D eigenvalue weighted by Gasteiger charge is -2.19. The standard InChI is InChI=1S/C13H17ClN6/c1-19(2)12-16-11(15)17-13(18-12)20(3)8-9-4-6-10(14)7-5-9/h4-7H,8H2,1-3H3,(H2,15,16,17,18). The molecule has 20 heavy (non-hydrogen) atoms. The van der Waals surface area contributed by atoms with Gasteiger partial charge in [0.15, 0.2) is 0 Å². The highest BCUT2D eigenvalue weighted by Crippen LogP contribution is 2.16. The molecule has 0 amide bonds. The molecule has 0 saturated carbocycles. The Morgan fingerprint density at radius 3 is 2.20 bits per heavy atom. The summed E-state index contributed by atoms with van der Waals surface area (Å²) in [7, 11) is 5.62. The highest BCUT2D eigenvalue weighted by atomic mass is 35.5. The molecule has 1 heterocycles. The lowest BCUT2D eigenvalue weighted by molar-refractivity contribution is 0.846. The summed E-state index contributed by atoms with van der Waals surface area (Å²) in [6.07, 6.45) is 0. The maximum Gasteiger partial charge on any atom is 0.231 e. The number of hydrogen-bond acceptors (Lipinski definition) is 6. The van der Waals surface area contributed by atoms with Crippen molar-refractivity contribution in [3.63, 3.8) is 0 Å². The molecule has 0 unspecified atom stereocenters. The van der Waals surface area contributed by atoms with Gasteiger partial charge in [-0.2, -0.15) is 15.0 Å². The Hall–Kier alpha value is -2.08. The predicted molar refractivity (Wildman–Crippen MR) is 82.1 cm³/mol. The lowest BCUT2D eigenvalue weighted by Crippen LogP contribution is -2.22. The monoisotopic (exact) mass is 292 g/mol. The molecule has 7 heteroatoms. The van der Waals surface area contributed by atoms with E-state index in [1.165, 1.54) is 0 Å². The predicted octanol–water partition coefficient (Wildman–Crippen LogP) is 1.81. The second kappa shape index (κ2) is 5.92. The Labute approximate surface area is 123 Å². The average molecular weight is 293 g/mol. The second-order valence-corrected chi connectivity index (χ2v) is 5.11. The summed E-state index contributed by atoms with van der Waals surface area (Å²) in [5.41, 5.74) is 6.83. The van der Waals surface area contributed by atoms with Crippen LogP contribution in [0.15, 0.2) is 24.3 Å². The molecule has 6 nitrogen and oxygen atoms in total. The Bertz CT molecular complexity index is 584. The van der Waals surface area contributed by atoms with Gasteiger partial charge in [-0.15, -0.1) is 0 Å². The van der Waals surface area contributed by atoms with Gasteiger partial charge in [-0.25, -0.2) is 0 Å². The Balaban J connectivity index is 2.20. The zero-order chi connectivity index (χ0) is 14.7. The number of nitrogens with two attached hydrogens (primary N) is 1. The van der Waals surface area contributed by atoms with Crippen molar-refractivity contribution in [3.05, 3.63) is 34.9 Å². The molecule has 0 bridgehead atoms. The molecule has 0 aliphatic carbocycles. The lowest BCUT2D eigenvalue weighted by atomic mass is 10.2. The van der Waals surface area contributed by atoms with Crippen LogP contribution in [0.4, 0.5) is 17.8 Å². The van der Waals surface area contributed by atoms with Crippen LogP contribution < -0.4 is 15.5 Å². The molecule has 1 aromatic heterocycles. The summed E-state index contributed by atoms with van der Waals surface area (Å²) in [6.45, 7) is 0.660. The van der Waals surface area contributed by atoms with Crippen molar-refractivity contribution in [3.8, 4) is 0 Å². The average Bonchev–Trinajstić information content (AvgIpc) is 2.40. The maximum absolute atomic E-state index is 5.87. The van der Waals surface area contributed by atoms with Crippen molar-refractivity contribution < 1.29 is 0 Å². The molecular formula is C13H17ClN6. The van der Waals surface area contributed by atoms with Gasteiger partial charge >= 0.3 is 0 Å². The molecule has 0 aliphatic heterocycles. The van der Waals surface area contributed by atoms with E-state index >= 15 is 0 Å². The van der Waals surface area contributed by atoms with Gasteiger partial charge in [0.05, 0.1) is 0 Å². The molecule has 0 radical (unpaired) electrons. The molecule has 0 fully saturated rings. The van der Waals surface area contributed by atoms with Crippen LogP contribution in [0.25, 0.3) is 0 Å². The normalized spacial score (nSPS) is 10.4. The fourth-order valence-electron chi connectivity index (χ4n) is 1.67. The van der Waals surface area contributed by atoms with Crippen molar-refractivity contribution in [2.45, 2.75) is 6.54 Å². The molecule has 106 valence electrons. The molecule has 2 N–H and O–H groups in total. The zero-order valence-corrected chi connectivity index (χ0v) is 12.5. The molecule has 2 aromatic rings. The number of anilines is 3. The van der Waals surface area contributed by atoms with Gasteiger partial charge in [-0.3, -0.25) is 0 Å². The number of rotatable bonds is 4. The number of aromatic nitrogens is 3. The fourth-order valence-corrected chi connectivity index (χ4v) is 1.80. The third-order valence-corrected chi connectivity index (χ3v) is 2.96. The van der Waals surface area contributed by atoms with Crippen LogP contribution in [-0.2, 0) is 6.54 Å². The van der Waals surface area contributed by atoms with Gasteiger partial charge in [0, 0.05) is 32.7 Å². The summed E-state index contributed by atoms with van der Waals surface area (Å²) in [5.74, 6) is 1.29. The zero-order valence-electron chi connectivity index (χ0n) is 11.7. The first-order valence-corrected chi connectivity index (χ1v) is 6.48.